The number of amides is 2. The number of benzene rings is 1. The van der Waals surface area contributed by atoms with Crippen molar-refractivity contribution in [3.8, 4) is 0 Å². The minimum absolute atomic E-state index is 0.0933. The van der Waals surface area contributed by atoms with Crippen LogP contribution in [0, 0.1) is 11.8 Å². The number of nitrogens with one attached hydrogen (secondary N) is 1. The number of thioether (sulfide) groups is 1. The topological polar surface area (TPSA) is 76.1 Å². The Labute approximate surface area is 203 Å². The van der Waals surface area contributed by atoms with Gasteiger partial charge in [-0.25, -0.2) is 15.5 Å². The minimum Gasteiger partial charge on any atom is -0.289 e. The van der Waals surface area contributed by atoms with Gasteiger partial charge in [-0.15, -0.1) is 0 Å². The molecule has 1 heterocycles. The lowest BCUT2D eigenvalue weighted by molar-refractivity contribution is -0.212. The highest BCUT2D eigenvalue weighted by Crippen LogP contribution is 2.22. The molecule has 1 aromatic carbocycles. The highest BCUT2D eigenvalue weighted by molar-refractivity contribution is 7.99. The predicted octanol–water partition coefficient (Wildman–Crippen LogP) is 4.07. The van der Waals surface area contributed by atoms with E-state index in [0.717, 1.165) is 36.6 Å². The summed E-state index contributed by atoms with van der Waals surface area (Å²) in [6.45, 7) is 10.7. The maximum absolute atomic E-state index is 13.6. The summed E-state index contributed by atoms with van der Waals surface area (Å²) in [5.41, 5.74) is 2.83. The Morgan fingerprint density at radius 2 is 1.79 bits per heavy atom. The Hall–Kier alpha value is -1.87. The minimum atomic E-state index is -0.844. The number of hydrogen-bond acceptors (Lipinski definition) is 6. The summed E-state index contributed by atoms with van der Waals surface area (Å²) in [6.07, 6.45) is 5.24. The van der Waals surface area contributed by atoms with Gasteiger partial charge in [0.1, 0.15) is 6.04 Å². The Bertz CT molecular complexity index is 751. The molecule has 0 radical (unpaired) electrons. The van der Waals surface area contributed by atoms with Crippen LogP contribution in [0.25, 0.3) is 6.08 Å². The molecule has 0 spiro atoms. The fourth-order valence-corrected chi connectivity index (χ4v) is 4.61. The molecule has 1 aliphatic rings. The van der Waals surface area contributed by atoms with E-state index < -0.39 is 11.9 Å². The molecule has 0 aliphatic carbocycles. The molecule has 1 atom stereocenters. The molecule has 1 saturated heterocycles. The van der Waals surface area contributed by atoms with E-state index in [2.05, 4.69) is 32.7 Å². The van der Waals surface area contributed by atoms with Gasteiger partial charge < -0.3 is 0 Å². The molecule has 2 N–H and O–H groups in total. The number of nitrogens with zero attached hydrogens (tertiary/aromatic N) is 3. The zero-order valence-electron chi connectivity index (χ0n) is 20.4. The summed E-state index contributed by atoms with van der Waals surface area (Å²) in [5, 5.41) is 15.3. The number of hydrazine groups is 2. The van der Waals surface area contributed by atoms with Crippen molar-refractivity contribution < 1.29 is 14.8 Å². The van der Waals surface area contributed by atoms with E-state index in [1.54, 1.807) is 5.01 Å². The molecule has 0 unspecified atom stereocenters. The lowest BCUT2D eigenvalue weighted by Gasteiger charge is -2.46. The zero-order chi connectivity index (χ0) is 24.2. The van der Waals surface area contributed by atoms with Crippen LogP contribution in [-0.4, -0.2) is 69.3 Å². The van der Waals surface area contributed by atoms with Crippen LogP contribution >= 0.6 is 11.8 Å². The van der Waals surface area contributed by atoms with E-state index >= 15 is 0 Å². The molecule has 2 rings (SSSR count). The van der Waals surface area contributed by atoms with Crippen molar-refractivity contribution >= 4 is 29.7 Å². The van der Waals surface area contributed by atoms with Crippen LogP contribution in [0.5, 0.6) is 0 Å². The van der Waals surface area contributed by atoms with E-state index in [0.29, 0.717) is 25.3 Å². The predicted molar refractivity (Wildman–Crippen MR) is 135 cm³/mol. The highest BCUT2D eigenvalue weighted by atomic mass is 32.2. The summed E-state index contributed by atoms with van der Waals surface area (Å²) in [5.74, 6) is 1.96. The summed E-state index contributed by atoms with van der Waals surface area (Å²) >= 11 is 1.90. The third-order valence-corrected chi connectivity index (χ3v) is 6.40. The van der Waals surface area contributed by atoms with Crippen molar-refractivity contribution in [2.45, 2.75) is 53.0 Å². The quantitative estimate of drug-likeness (QED) is 0.350. The average Bonchev–Trinajstić information content (AvgIpc) is 2.81. The molecule has 7 nitrogen and oxygen atoms in total. The molecule has 8 heteroatoms. The number of rotatable bonds is 12. The van der Waals surface area contributed by atoms with Crippen molar-refractivity contribution in [2.75, 3.05) is 31.1 Å². The second kappa shape index (κ2) is 14.4. The van der Waals surface area contributed by atoms with Gasteiger partial charge in [0.15, 0.2) is 0 Å². The van der Waals surface area contributed by atoms with Crippen LogP contribution in [0.2, 0.25) is 0 Å². The SMILES string of the molecule is CC(C)CCC(=O)N([C@@H](CC=Cc1ccccc1)C(=O)NO)N(CC(C)C)N1CCSCC1. The van der Waals surface area contributed by atoms with Gasteiger partial charge in [-0.3, -0.25) is 14.8 Å². The first-order valence-corrected chi connectivity index (χ1v) is 13.1. The molecule has 1 aliphatic heterocycles. The van der Waals surface area contributed by atoms with Gasteiger partial charge in [-0.2, -0.15) is 16.9 Å². The Morgan fingerprint density at radius 1 is 1.12 bits per heavy atom. The monoisotopic (exact) mass is 476 g/mol. The first-order chi connectivity index (χ1) is 15.8. The van der Waals surface area contributed by atoms with Gasteiger partial charge in [-0.05, 0) is 30.2 Å². The third-order valence-electron chi connectivity index (χ3n) is 5.46. The smallest absolute Gasteiger partial charge is 0.268 e. The van der Waals surface area contributed by atoms with Crippen molar-refractivity contribution in [1.29, 1.82) is 0 Å². The molecule has 0 saturated carbocycles. The zero-order valence-corrected chi connectivity index (χ0v) is 21.3. The molecule has 0 aromatic heterocycles. The fraction of sp³-hybridized carbons (Fsp3) is 0.600. The molecule has 0 bridgehead atoms. The molecule has 1 fully saturated rings. The standard InChI is InChI=1S/C25H40N4O3S/c1-20(2)13-14-24(30)29(28(19-21(3)4)27-15-17-33-18-16-27)23(25(31)26-32)12-8-11-22-9-6-5-7-10-22/h5-11,20-21,23,32H,12-19H2,1-4H3,(H,26,31)/t23-/m0/s1. The summed E-state index contributed by atoms with van der Waals surface area (Å²) < 4.78 is 0. The molecular formula is C25H40N4O3S. The molecule has 1 aromatic rings. The van der Waals surface area contributed by atoms with E-state index in [-0.39, 0.29) is 11.8 Å². The lowest BCUT2D eigenvalue weighted by Crippen LogP contribution is -2.64. The van der Waals surface area contributed by atoms with Crippen LogP contribution in [0.15, 0.2) is 36.4 Å². The van der Waals surface area contributed by atoms with Gasteiger partial charge in [0, 0.05) is 37.6 Å². The largest absolute Gasteiger partial charge is 0.289 e. The van der Waals surface area contributed by atoms with Gasteiger partial charge >= 0.3 is 0 Å². The van der Waals surface area contributed by atoms with E-state index in [1.165, 1.54) is 0 Å². The van der Waals surface area contributed by atoms with E-state index in [1.807, 2.05) is 64.8 Å². The van der Waals surface area contributed by atoms with Gasteiger partial charge in [0.25, 0.3) is 5.91 Å². The molecule has 33 heavy (non-hydrogen) atoms. The van der Waals surface area contributed by atoms with E-state index in [9.17, 15) is 14.8 Å². The van der Waals surface area contributed by atoms with Crippen LogP contribution in [0.4, 0.5) is 0 Å². The van der Waals surface area contributed by atoms with Crippen molar-refractivity contribution in [3.05, 3.63) is 42.0 Å². The van der Waals surface area contributed by atoms with Crippen molar-refractivity contribution in [2.24, 2.45) is 11.8 Å². The second-order valence-corrected chi connectivity index (χ2v) is 10.5. The van der Waals surface area contributed by atoms with Crippen LogP contribution < -0.4 is 5.48 Å². The third kappa shape index (κ3) is 9.12. The lowest BCUT2D eigenvalue weighted by atomic mass is 10.1. The molecule has 184 valence electrons. The molecule has 2 amide bonds. The van der Waals surface area contributed by atoms with Crippen LogP contribution in [0.3, 0.4) is 0 Å². The Kier molecular flexibility index (Phi) is 11.9. The van der Waals surface area contributed by atoms with Crippen molar-refractivity contribution in [1.82, 2.24) is 20.6 Å². The maximum Gasteiger partial charge on any atom is 0.268 e. The number of hydroxylamine groups is 1. The van der Waals surface area contributed by atoms with Crippen molar-refractivity contribution in [3.63, 3.8) is 0 Å². The first kappa shape index (κ1) is 27.4. The number of carbonyl (C=O) groups is 2. The summed E-state index contributed by atoms with van der Waals surface area (Å²) in [6, 6.07) is 8.99. The molecular weight excluding hydrogens is 436 g/mol. The van der Waals surface area contributed by atoms with Crippen LogP contribution in [-0.2, 0) is 9.59 Å². The second-order valence-electron chi connectivity index (χ2n) is 9.23. The Balaban J connectivity index is 2.38. The van der Waals surface area contributed by atoms with Gasteiger partial charge in [0.05, 0.1) is 0 Å². The normalized spacial score (nSPS) is 16.0. The van der Waals surface area contributed by atoms with Crippen LogP contribution in [0.1, 0.15) is 52.5 Å². The fourth-order valence-electron chi connectivity index (χ4n) is 3.73. The summed E-state index contributed by atoms with van der Waals surface area (Å²) in [7, 11) is 0. The summed E-state index contributed by atoms with van der Waals surface area (Å²) in [4.78, 5) is 26.4. The Morgan fingerprint density at radius 3 is 2.36 bits per heavy atom. The number of hydrogen-bond donors (Lipinski definition) is 2. The van der Waals surface area contributed by atoms with E-state index in [4.69, 9.17) is 0 Å². The maximum atomic E-state index is 13.6. The van der Waals surface area contributed by atoms with Gasteiger partial charge in [-0.1, -0.05) is 70.2 Å². The first-order valence-electron chi connectivity index (χ1n) is 11.9. The van der Waals surface area contributed by atoms with Gasteiger partial charge in [0.2, 0.25) is 5.91 Å². The average molecular weight is 477 g/mol. The number of carbonyl (C=O) groups excluding carboxylic acids is 2. The highest BCUT2D eigenvalue weighted by Gasteiger charge is 2.36.